The van der Waals surface area contributed by atoms with Gasteiger partial charge in [0.25, 0.3) is 0 Å². The largest absolute Gasteiger partial charge is 0.426 e. The van der Waals surface area contributed by atoms with Crippen LogP contribution in [0.2, 0.25) is 0 Å². The second kappa shape index (κ2) is 5.13. The van der Waals surface area contributed by atoms with Crippen LogP contribution in [0.4, 0.5) is 0 Å². The molecule has 21 heavy (non-hydrogen) atoms. The number of fused-ring (bicyclic) bond motifs is 3. The topological polar surface area (TPSA) is 35.5 Å². The molecule has 112 valence electrons. The second-order valence-electron chi connectivity index (χ2n) is 6.76. The molecule has 1 saturated carbocycles. The highest BCUT2D eigenvalue weighted by atomic mass is 16.6. The fourth-order valence-electron chi connectivity index (χ4n) is 4.45. The van der Waals surface area contributed by atoms with Crippen molar-refractivity contribution < 1.29 is 14.3 Å². The average molecular weight is 286 g/mol. The van der Waals surface area contributed by atoms with Gasteiger partial charge in [0.2, 0.25) is 0 Å². The predicted molar refractivity (Wildman–Crippen MR) is 78.9 cm³/mol. The summed E-state index contributed by atoms with van der Waals surface area (Å²) in [6.45, 7) is 2.17. The molecule has 0 aromatic heterocycles. The van der Waals surface area contributed by atoms with Crippen molar-refractivity contribution in [1.29, 1.82) is 0 Å². The maximum absolute atomic E-state index is 12.4. The van der Waals surface area contributed by atoms with Gasteiger partial charge in [-0.1, -0.05) is 44.4 Å². The Morgan fingerprint density at radius 1 is 1.10 bits per heavy atom. The molecular formula is C18H22O3. The molecule has 0 N–H and O–H groups in total. The number of benzene rings is 1. The molecule has 2 aliphatic heterocycles. The fraction of sp³-hybridized carbons (Fsp3) is 0.611. The number of rotatable bonds is 1. The Morgan fingerprint density at radius 3 is 2.67 bits per heavy atom. The molecule has 3 heteroatoms. The molecule has 2 heterocycles. The number of para-hydroxylation sites is 1. The van der Waals surface area contributed by atoms with Crippen molar-refractivity contribution in [3.63, 3.8) is 0 Å². The van der Waals surface area contributed by atoms with Gasteiger partial charge in [-0.2, -0.15) is 0 Å². The molecular weight excluding hydrogens is 264 g/mol. The first-order valence-corrected chi connectivity index (χ1v) is 8.22. The van der Waals surface area contributed by atoms with Crippen LogP contribution in [-0.4, -0.2) is 12.1 Å². The van der Waals surface area contributed by atoms with Gasteiger partial charge in [0.15, 0.2) is 0 Å². The maximum Gasteiger partial charge on any atom is 0.317 e. The van der Waals surface area contributed by atoms with Gasteiger partial charge in [-0.15, -0.1) is 0 Å². The van der Waals surface area contributed by atoms with E-state index in [2.05, 4.69) is 6.92 Å². The molecule has 0 radical (unpaired) electrons. The summed E-state index contributed by atoms with van der Waals surface area (Å²) in [5, 5.41) is 0. The molecule has 2 fully saturated rings. The number of carbonyl (C=O) groups excluding carboxylic acids is 1. The predicted octanol–water partition coefficient (Wildman–Crippen LogP) is 3.88. The van der Waals surface area contributed by atoms with Crippen molar-refractivity contribution >= 4 is 5.97 Å². The Bertz CT molecular complexity index is 547. The molecule has 0 amide bonds. The van der Waals surface area contributed by atoms with E-state index in [4.69, 9.17) is 9.47 Å². The lowest BCUT2D eigenvalue weighted by Gasteiger charge is -2.29. The van der Waals surface area contributed by atoms with E-state index in [0.29, 0.717) is 11.7 Å². The molecule has 0 unspecified atom stereocenters. The Hall–Kier alpha value is -1.35. The molecule has 1 saturated heterocycles. The highest BCUT2D eigenvalue weighted by Crippen LogP contribution is 2.51. The molecule has 1 aromatic carbocycles. The third kappa shape index (κ3) is 2.10. The number of esters is 1. The summed E-state index contributed by atoms with van der Waals surface area (Å²) in [5.41, 5.74) is 1.05. The Morgan fingerprint density at radius 2 is 1.86 bits per heavy atom. The smallest absolute Gasteiger partial charge is 0.317 e. The van der Waals surface area contributed by atoms with E-state index in [1.807, 2.05) is 24.3 Å². The van der Waals surface area contributed by atoms with Crippen molar-refractivity contribution in [3.05, 3.63) is 29.8 Å². The lowest BCUT2D eigenvalue weighted by Crippen LogP contribution is -2.34. The summed E-state index contributed by atoms with van der Waals surface area (Å²) >= 11 is 0. The standard InChI is InChI=1S/C18H22O3/c1-11-15-17(21-16(11)12-7-3-2-4-8-12)13-9-5-6-10-14(13)20-18(15)19/h5-6,9-12,15-17H,2-4,7-8H2,1H3/t11-,15-,16-,17-/m0/s1. The molecule has 4 rings (SSSR count). The molecule has 4 atom stereocenters. The summed E-state index contributed by atoms with van der Waals surface area (Å²) in [5.74, 6) is 1.30. The van der Waals surface area contributed by atoms with E-state index >= 15 is 0 Å². The van der Waals surface area contributed by atoms with Gasteiger partial charge in [-0.25, -0.2) is 0 Å². The normalized spacial score (nSPS) is 36.0. The number of hydrogen-bond donors (Lipinski definition) is 0. The van der Waals surface area contributed by atoms with Crippen LogP contribution in [0, 0.1) is 17.8 Å². The van der Waals surface area contributed by atoms with Gasteiger partial charge in [-0.05, 0) is 30.7 Å². The molecule has 3 nitrogen and oxygen atoms in total. The van der Waals surface area contributed by atoms with Crippen LogP contribution in [0.1, 0.15) is 50.7 Å². The number of carbonyl (C=O) groups is 1. The first-order chi connectivity index (χ1) is 10.3. The van der Waals surface area contributed by atoms with Crippen LogP contribution in [0.15, 0.2) is 24.3 Å². The zero-order valence-electron chi connectivity index (χ0n) is 12.5. The molecule has 1 aromatic rings. The number of hydrogen-bond acceptors (Lipinski definition) is 3. The summed E-state index contributed by atoms with van der Waals surface area (Å²) < 4.78 is 11.9. The van der Waals surface area contributed by atoms with Crippen LogP contribution < -0.4 is 4.74 Å². The minimum atomic E-state index is -0.133. The van der Waals surface area contributed by atoms with Crippen molar-refractivity contribution in [1.82, 2.24) is 0 Å². The van der Waals surface area contributed by atoms with Gasteiger partial charge in [-0.3, -0.25) is 4.79 Å². The van der Waals surface area contributed by atoms with E-state index < -0.39 is 0 Å². The van der Waals surface area contributed by atoms with Gasteiger partial charge < -0.3 is 9.47 Å². The first-order valence-electron chi connectivity index (χ1n) is 8.22. The van der Waals surface area contributed by atoms with Crippen molar-refractivity contribution in [3.8, 4) is 5.75 Å². The Balaban J connectivity index is 1.65. The van der Waals surface area contributed by atoms with Crippen LogP contribution in [0.3, 0.4) is 0 Å². The van der Waals surface area contributed by atoms with E-state index in [1.54, 1.807) is 0 Å². The zero-order valence-corrected chi connectivity index (χ0v) is 12.5. The molecule has 0 bridgehead atoms. The monoisotopic (exact) mass is 286 g/mol. The third-order valence-electron chi connectivity index (χ3n) is 5.54. The van der Waals surface area contributed by atoms with E-state index in [-0.39, 0.29) is 30.0 Å². The third-order valence-corrected chi connectivity index (χ3v) is 5.54. The first kappa shape index (κ1) is 13.3. The van der Waals surface area contributed by atoms with Crippen molar-refractivity contribution in [2.75, 3.05) is 0 Å². The highest BCUT2D eigenvalue weighted by Gasteiger charge is 2.52. The summed E-state index contributed by atoms with van der Waals surface area (Å²) in [6.07, 6.45) is 6.52. The Kier molecular flexibility index (Phi) is 3.26. The molecule has 3 aliphatic rings. The lowest BCUT2D eigenvalue weighted by molar-refractivity contribution is -0.144. The van der Waals surface area contributed by atoms with Crippen LogP contribution >= 0.6 is 0 Å². The SMILES string of the molecule is C[C@H]1[C@@H]2C(=O)Oc3ccccc3[C@@H]2O[C@@H]1C1CCCCC1. The zero-order chi connectivity index (χ0) is 14.4. The van der Waals surface area contributed by atoms with Gasteiger partial charge in [0, 0.05) is 5.56 Å². The summed E-state index contributed by atoms with van der Waals surface area (Å²) in [7, 11) is 0. The fourth-order valence-corrected chi connectivity index (χ4v) is 4.45. The average Bonchev–Trinajstić information content (AvgIpc) is 2.87. The van der Waals surface area contributed by atoms with Gasteiger partial charge >= 0.3 is 5.97 Å². The van der Waals surface area contributed by atoms with Gasteiger partial charge in [0.1, 0.15) is 11.9 Å². The summed E-state index contributed by atoms with van der Waals surface area (Å²) in [4.78, 5) is 12.4. The van der Waals surface area contributed by atoms with E-state index in [1.165, 1.54) is 32.1 Å². The van der Waals surface area contributed by atoms with E-state index in [0.717, 1.165) is 5.56 Å². The molecule has 0 spiro atoms. The van der Waals surface area contributed by atoms with Crippen LogP contribution in [-0.2, 0) is 9.53 Å². The van der Waals surface area contributed by atoms with E-state index in [9.17, 15) is 4.79 Å². The quantitative estimate of drug-likeness (QED) is 0.580. The van der Waals surface area contributed by atoms with Crippen LogP contribution in [0.25, 0.3) is 0 Å². The number of ether oxygens (including phenoxy) is 2. The highest BCUT2D eigenvalue weighted by molar-refractivity contribution is 5.79. The Labute approximate surface area is 125 Å². The van der Waals surface area contributed by atoms with Gasteiger partial charge in [0.05, 0.1) is 12.0 Å². The second-order valence-corrected chi connectivity index (χ2v) is 6.76. The minimum absolute atomic E-state index is 0.107. The molecule has 1 aliphatic carbocycles. The lowest BCUT2D eigenvalue weighted by atomic mass is 9.76. The van der Waals surface area contributed by atoms with Crippen LogP contribution in [0.5, 0.6) is 5.75 Å². The summed E-state index contributed by atoms with van der Waals surface area (Å²) in [6, 6.07) is 7.81. The maximum atomic E-state index is 12.4. The minimum Gasteiger partial charge on any atom is -0.426 e. The van der Waals surface area contributed by atoms with Crippen molar-refractivity contribution in [2.24, 2.45) is 17.8 Å². The van der Waals surface area contributed by atoms with Crippen molar-refractivity contribution in [2.45, 2.75) is 51.2 Å².